The van der Waals surface area contributed by atoms with Crippen molar-refractivity contribution in [2.45, 2.75) is 33.9 Å². The fraction of sp³-hybridized carbons (Fsp3) is 0.240. The van der Waals surface area contributed by atoms with Crippen LogP contribution in [0.1, 0.15) is 40.9 Å². The van der Waals surface area contributed by atoms with Crippen molar-refractivity contribution in [3.8, 4) is 0 Å². The monoisotopic (exact) mass is 428 g/mol. The SMILES string of the molecule is CC.Cc1ccccc1C(=O)Nc1ccc(N(C)c2cc(C(F)(F)F)ccc2C)cc1. The fourth-order valence-electron chi connectivity index (χ4n) is 3.08. The Morgan fingerprint density at radius 3 is 2.06 bits per heavy atom. The highest BCUT2D eigenvalue weighted by Gasteiger charge is 2.31. The van der Waals surface area contributed by atoms with Crippen molar-refractivity contribution < 1.29 is 18.0 Å². The second kappa shape index (κ2) is 10.2. The van der Waals surface area contributed by atoms with Gasteiger partial charge in [-0.2, -0.15) is 13.2 Å². The summed E-state index contributed by atoms with van der Waals surface area (Å²) in [5.74, 6) is -0.210. The third-order valence-corrected chi connectivity index (χ3v) is 4.80. The second-order valence-corrected chi connectivity index (χ2v) is 6.87. The molecule has 0 saturated heterocycles. The first-order valence-electron chi connectivity index (χ1n) is 10.1. The third kappa shape index (κ3) is 5.87. The largest absolute Gasteiger partial charge is 0.416 e. The topological polar surface area (TPSA) is 32.3 Å². The predicted molar refractivity (Wildman–Crippen MR) is 121 cm³/mol. The van der Waals surface area contributed by atoms with E-state index in [-0.39, 0.29) is 5.91 Å². The molecule has 0 unspecified atom stereocenters. The lowest BCUT2D eigenvalue weighted by Crippen LogP contribution is -2.15. The van der Waals surface area contributed by atoms with Gasteiger partial charge < -0.3 is 10.2 Å². The van der Waals surface area contributed by atoms with E-state index in [4.69, 9.17) is 0 Å². The molecule has 1 amide bonds. The van der Waals surface area contributed by atoms with Crippen LogP contribution >= 0.6 is 0 Å². The van der Waals surface area contributed by atoms with Gasteiger partial charge in [-0.05, 0) is 67.4 Å². The van der Waals surface area contributed by atoms with Gasteiger partial charge in [-0.3, -0.25) is 4.79 Å². The number of anilines is 3. The average Bonchev–Trinajstić information content (AvgIpc) is 2.75. The molecule has 0 spiro atoms. The van der Waals surface area contributed by atoms with Crippen molar-refractivity contribution in [2.24, 2.45) is 0 Å². The van der Waals surface area contributed by atoms with Gasteiger partial charge in [-0.15, -0.1) is 0 Å². The second-order valence-electron chi connectivity index (χ2n) is 6.87. The Morgan fingerprint density at radius 2 is 1.48 bits per heavy atom. The molecule has 0 aliphatic carbocycles. The highest BCUT2D eigenvalue weighted by Crippen LogP contribution is 2.35. The van der Waals surface area contributed by atoms with Crippen LogP contribution in [0.25, 0.3) is 0 Å². The molecule has 6 heteroatoms. The molecule has 3 aromatic carbocycles. The number of carbonyl (C=O) groups excluding carboxylic acids is 1. The molecule has 31 heavy (non-hydrogen) atoms. The van der Waals surface area contributed by atoms with Gasteiger partial charge in [0.25, 0.3) is 5.91 Å². The normalized spacial score (nSPS) is 10.7. The third-order valence-electron chi connectivity index (χ3n) is 4.80. The molecule has 3 rings (SSSR count). The number of halogens is 3. The molecule has 0 aliphatic heterocycles. The zero-order valence-electron chi connectivity index (χ0n) is 18.3. The van der Waals surface area contributed by atoms with E-state index in [1.54, 1.807) is 55.3 Å². The van der Waals surface area contributed by atoms with Crippen molar-refractivity contribution in [3.05, 3.63) is 89.0 Å². The van der Waals surface area contributed by atoms with E-state index in [1.165, 1.54) is 6.07 Å². The van der Waals surface area contributed by atoms with Gasteiger partial charge in [0.1, 0.15) is 0 Å². The van der Waals surface area contributed by atoms with Crippen LogP contribution in [0.5, 0.6) is 0 Å². The lowest BCUT2D eigenvalue weighted by molar-refractivity contribution is -0.137. The Bertz CT molecular complexity index is 1030. The minimum atomic E-state index is -4.40. The summed E-state index contributed by atoms with van der Waals surface area (Å²) in [6.07, 6.45) is -4.40. The van der Waals surface area contributed by atoms with Crippen LogP contribution in [0.4, 0.5) is 30.2 Å². The average molecular weight is 428 g/mol. The Kier molecular flexibility index (Phi) is 7.86. The molecule has 0 aromatic heterocycles. The predicted octanol–water partition coefficient (Wildman–Crippen LogP) is 7.37. The summed E-state index contributed by atoms with van der Waals surface area (Å²) >= 11 is 0. The maximum atomic E-state index is 13.0. The molecular formula is C25H27F3N2O. The highest BCUT2D eigenvalue weighted by atomic mass is 19.4. The molecule has 164 valence electrons. The van der Waals surface area contributed by atoms with Crippen molar-refractivity contribution in [2.75, 3.05) is 17.3 Å². The lowest BCUT2D eigenvalue weighted by Gasteiger charge is -2.23. The first-order valence-corrected chi connectivity index (χ1v) is 10.1. The van der Waals surface area contributed by atoms with Gasteiger partial charge in [0.15, 0.2) is 0 Å². The summed E-state index contributed by atoms with van der Waals surface area (Å²) in [7, 11) is 1.71. The molecule has 0 fully saturated rings. The number of benzene rings is 3. The summed E-state index contributed by atoms with van der Waals surface area (Å²) in [5.41, 5.74) is 3.30. The van der Waals surface area contributed by atoms with Crippen LogP contribution in [-0.2, 0) is 6.18 Å². The Hall–Kier alpha value is -3.28. The number of carbonyl (C=O) groups is 1. The Labute approximate surface area is 181 Å². The number of nitrogens with one attached hydrogen (secondary N) is 1. The summed E-state index contributed by atoms with van der Waals surface area (Å²) < 4.78 is 39.1. The highest BCUT2D eigenvalue weighted by molar-refractivity contribution is 6.05. The van der Waals surface area contributed by atoms with Crippen molar-refractivity contribution in [1.82, 2.24) is 0 Å². The standard InChI is InChI=1S/C23H21F3N2O.C2H6/c1-15-6-4-5-7-20(15)22(29)27-18-10-12-19(13-11-18)28(3)21-14-17(23(24,25)26)9-8-16(21)2;1-2/h4-14H,1-3H3,(H,27,29);1-2H3. The molecule has 0 saturated carbocycles. The van der Waals surface area contributed by atoms with Crippen molar-refractivity contribution in [3.63, 3.8) is 0 Å². The van der Waals surface area contributed by atoms with Gasteiger partial charge >= 0.3 is 6.18 Å². The number of alkyl halides is 3. The van der Waals surface area contributed by atoms with Gasteiger partial charge in [0.2, 0.25) is 0 Å². The molecule has 0 radical (unpaired) electrons. The maximum absolute atomic E-state index is 13.0. The summed E-state index contributed by atoms with van der Waals surface area (Å²) in [4.78, 5) is 14.1. The van der Waals surface area contributed by atoms with Gasteiger partial charge in [0, 0.05) is 29.7 Å². The summed E-state index contributed by atoms with van der Waals surface area (Å²) in [6, 6.07) is 17.9. The molecule has 0 aliphatic rings. The Morgan fingerprint density at radius 1 is 0.871 bits per heavy atom. The molecule has 0 heterocycles. The number of amides is 1. The van der Waals surface area contributed by atoms with Crippen LogP contribution in [0.3, 0.4) is 0 Å². The summed E-state index contributed by atoms with van der Waals surface area (Å²) in [6.45, 7) is 7.63. The number of nitrogens with zero attached hydrogens (tertiary/aromatic N) is 1. The molecule has 3 nitrogen and oxygen atoms in total. The number of aryl methyl sites for hydroxylation is 2. The molecule has 3 aromatic rings. The van der Waals surface area contributed by atoms with E-state index in [0.717, 1.165) is 23.3 Å². The maximum Gasteiger partial charge on any atom is 0.416 e. The van der Waals surface area contributed by atoms with E-state index in [2.05, 4.69) is 5.32 Å². The van der Waals surface area contributed by atoms with Crippen LogP contribution in [0, 0.1) is 13.8 Å². The lowest BCUT2D eigenvalue weighted by atomic mass is 10.1. The fourth-order valence-corrected chi connectivity index (χ4v) is 3.08. The minimum absolute atomic E-state index is 0.210. The van der Waals surface area contributed by atoms with E-state index in [9.17, 15) is 18.0 Å². The molecule has 1 N–H and O–H groups in total. The molecular weight excluding hydrogens is 401 g/mol. The number of rotatable bonds is 4. The van der Waals surface area contributed by atoms with E-state index >= 15 is 0 Å². The smallest absolute Gasteiger partial charge is 0.344 e. The van der Waals surface area contributed by atoms with Crippen LogP contribution in [0.2, 0.25) is 0 Å². The van der Waals surface area contributed by atoms with E-state index < -0.39 is 11.7 Å². The van der Waals surface area contributed by atoms with Gasteiger partial charge in [-0.1, -0.05) is 38.1 Å². The van der Waals surface area contributed by atoms with Crippen LogP contribution in [-0.4, -0.2) is 13.0 Å². The van der Waals surface area contributed by atoms with E-state index in [1.807, 2.05) is 32.9 Å². The first-order chi connectivity index (χ1) is 14.7. The van der Waals surface area contributed by atoms with Crippen molar-refractivity contribution in [1.29, 1.82) is 0 Å². The van der Waals surface area contributed by atoms with E-state index in [0.29, 0.717) is 22.6 Å². The van der Waals surface area contributed by atoms with Crippen molar-refractivity contribution >= 4 is 23.0 Å². The van der Waals surface area contributed by atoms with Crippen LogP contribution in [0.15, 0.2) is 66.7 Å². The number of hydrogen-bond donors (Lipinski definition) is 1. The molecule has 0 atom stereocenters. The van der Waals surface area contributed by atoms with Gasteiger partial charge in [0.05, 0.1) is 5.56 Å². The molecule has 0 bridgehead atoms. The zero-order chi connectivity index (χ0) is 23.2. The van der Waals surface area contributed by atoms with Gasteiger partial charge in [-0.25, -0.2) is 0 Å². The number of hydrogen-bond acceptors (Lipinski definition) is 2. The minimum Gasteiger partial charge on any atom is -0.344 e. The quantitative estimate of drug-likeness (QED) is 0.470. The van der Waals surface area contributed by atoms with Crippen LogP contribution < -0.4 is 10.2 Å². The Balaban J connectivity index is 0.00000166. The zero-order valence-corrected chi connectivity index (χ0v) is 18.3. The summed E-state index contributed by atoms with van der Waals surface area (Å²) in [5, 5.41) is 2.84. The first kappa shape index (κ1) is 24.0.